The van der Waals surface area contributed by atoms with Crippen LogP contribution in [0.3, 0.4) is 0 Å². The first-order chi connectivity index (χ1) is 10.6. The number of carbonyl (C=O) groups excluding carboxylic acids is 1. The highest BCUT2D eigenvalue weighted by atomic mass is 32.2. The molecular weight excluding hydrogens is 292 g/mol. The maximum Gasteiger partial charge on any atom is 0.225 e. The lowest BCUT2D eigenvalue weighted by Crippen LogP contribution is -2.38. The molecule has 0 spiro atoms. The molecule has 120 valence electrons. The predicted molar refractivity (Wildman–Crippen MR) is 92.1 cm³/mol. The Kier molecular flexibility index (Phi) is 5.09. The van der Waals surface area contributed by atoms with Gasteiger partial charge in [0.2, 0.25) is 5.91 Å². The number of nitrogens with zero attached hydrogens (tertiary/aromatic N) is 1. The van der Waals surface area contributed by atoms with Crippen LogP contribution in [0, 0.1) is 5.92 Å². The van der Waals surface area contributed by atoms with Gasteiger partial charge in [0.1, 0.15) is 0 Å². The molecule has 0 aliphatic carbocycles. The van der Waals surface area contributed by atoms with Gasteiger partial charge in [-0.1, -0.05) is 32.0 Å². The fourth-order valence-electron chi connectivity index (χ4n) is 3.44. The lowest BCUT2D eigenvalue weighted by Gasteiger charge is -2.24. The number of fused-ring (bicyclic) bond motifs is 1. The van der Waals surface area contributed by atoms with Crippen molar-refractivity contribution in [2.75, 3.05) is 18.8 Å². The number of hydrogen-bond acceptors (Lipinski definition) is 3. The summed E-state index contributed by atoms with van der Waals surface area (Å²) in [5.74, 6) is 1.60. The van der Waals surface area contributed by atoms with Crippen molar-refractivity contribution in [1.29, 1.82) is 0 Å². The molecule has 2 aliphatic heterocycles. The summed E-state index contributed by atoms with van der Waals surface area (Å²) in [5, 5.41) is 3.83. The Morgan fingerprint density at radius 1 is 1.32 bits per heavy atom. The molecule has 2 unspecified atom stereocenters. The number of carbonyl (C=O) groups is 1. The van der Waals surface area contributed by atoms with Gasteiger partial charge in [-0.25, -0.2) is 0 Å². The molecule has 1 N–H and O–H groups in total. The van der Waals surface area contributed by atoms with E-state index < -0.39 is 0 Å². The van der Waals surface area contributed by atoms with Gasteiger partial charge < -0.3 is 10.2 Å². The Morgan fingerprint density at radius 3 is 2.95 bits per heavy atom. The molecule has 2 atom stereocenters. The number of benzene rings is 1. The molecule has 0 aromatic heterocycles. The van der Waals surface area contributed by atoms with Crippen LogP contribution in [0.5, 0.6) is 0 Å². The lowest BCUT2D eigenvalue weighted by atomic mass is 10.0. The Hall–Kier alpha value is -1.00. The van der Waals surface area contributed by atoms with Crippen LogP contribution in [0.4, 0.5) is 0 Å². The molecule has 1 aromatic rings. The molecule has 0 saturated carbocycles. The lowest BCUT2D eigenvalue weighted by molar-refractivity contribution is -0.133. The fraction of sp³-hybridized carbons (Fsp3) is 0.611. The average molecular weight is 318 g/mol. The predicted octanol–water partition coefficient (Wildman–Crippen LogP) is 3.46. The molecule has 2 aliphatic rings. The summed E-state index contributed by atoms with van der Waals surface area (Å²) >= 11 is 1.98. The van der Waals surface area contributed by atoms with Gasteiger partial charge in [0, 0.05) is 36.0 Å². The zero-order valence-corrected chi connectivity index (χ0v) is 14.4. The molecule has 3 nitrogen and oxygen atoms in total. The first kappa shape index (κ1) is 15.9. The fourth-order valence-corrected chi connectivity index (χ4v) is 4.53. The molecule has 3 rings (SSSR count). The molecule has 1 aromatic carbocycles. The number of amides is 1. The molecule has 0 bridgehead atoms. The van der Waals surface area contributed by atoms with Gasteiger partial charge in [0.15, 0.2) is 0 Å². The van der Waals surface area contributed by atoms with Crippen LogP contribution in [0.2, 0.25) is 0 Å². The van der Waals surface area contributed by atoms with Crippen molar-refractivity contribution in [3.05, 3.63) is 29.8 Å². The van der Waals surface area contributed by atoms with E-state index >= 15 is 0 Å². The van der Waals surface area contributed by atoms with Crippen molar-refractivity contribution in [2.24, 2.45) is 5.92 Å². The van der Waals surface area contributed by atoms with E-state index in [1.54, 1.807) is 0 Å². The van der Waals surface area contributed by atoms with Crippen molar-refractivity contribution in [3.8, 4) is 0 Å². The summed E-state index contributed by atoms with van der Waals surface area (Å²) in [6.07, 6.45) is 3.52. The van der Waals surface area contributed by atoms with Crippen molar-refractivity contribution in [3.63, 3.8) is 0 Å². The van der Waals surface area contributed by atoms with Gasteiger partial charge in [-0.2, -0.15) is 0 Å². The molecule has 0 radical (unpaired) electrons. The third kappa shape index (κ3) is 3.49. The quantitative estimate of drug-likeness (QED) is 0.926. The van der Waals surface area contributed by atoms with Crippen LogP contribution in [0.1, 0.15) is 44.7 Å². The highest BCUT2D eigenvalue weighted by molar-refractivity contribution is 7.99. The van der Waals surface area contributed by atoms with Gasteiger partial charge in [0.25, 0.3) is 0 Å². The largest absolute Gasteiger partial charge is 0.341 e. The number of rotatable bonds is 3. The Balaban J connectivity index is 1.65. The van der Waals surface area contributed by atoms with Crippen molar-refractivity contribution in [1.82, 2.24) is 10.2 Å². The zero-order valence-electron chi connectivity index (χ0n) is 13.5. The van der Waals surface area contributed by atoms with E-state index in [4.69, 9.17) is 0 Å². The second kappa shape index (κ2) is 7.05. The van der Waals surface area contributed by atoms with Crippen molar-refractivity contribution in [2.45, 2.75) is 50.1 Å². The van der Waals surface area contributed by atoms with Crippen LogP contribution in [0.15, 0.2) is 29.2 Å². The minimum absolute atomic E-state index is 0.105. The number of thioether (sulfide) groups is 1. The van der Waals surface area contributed by atoms with Crippen LogP contribution in [-0.2, 0) is 4.79 Å². The second-order valence-electron chi connectivity index (χ2n) is 6.67. The van der Waals surface area contributed by atoms with E-state index in [2.05, 4.69) is 29.6 Å². The van der Waals surface area contributed by atoms with E-state index in [0.29, 0.717) is 18.0 Å². The summed E-state index contributed by atoms with van der Waals surface area (Å²) in [7, 11) is 0. The van der Waals surface area contributed by atoms with Crippen molar-refractivity contribution >= 4 is 17.7 Å². The molecule has 4 heteroatoms. The third-order valence-corrected chi connectivity index (χ3v) is 5.80. The number of hydrogen-bond donors (Lipinski definition) is 1. The average Bonchev–Trinajstić information content (AvgIpc) is 2.88. The van der Waals surface area contributed by atoms with Crippen molar-refractivity contribution < 1.29 is 4.79 Å². The number of nitrogens with one attached hydrogen (secondary N) is 1. The molecule has 22 heavy (non-hydrogen) atoms. The summed E-state index contributed by atoms with van der Waals surface area (Å²) in [5.41, 5.74) is 1.44. The van der Waals surface area contributed by atoms with Gasteiger partial charge in [-0.3, -0.25) is 4.79 Å². The van der Waals surface area contributed by atoms with Gasteiger partial charge >= 0.3 is 0 Å². The Labute approximate surface area is 137 Å². The van der Waals surface area contributed by atoms with E-state index in [9.17, 15) is 4.79 Å². The molecule has 1 fully saturated rings. The molecule has 1 amide bonds. The van der Waals surface area contributed by atoms with E-state index in [1.165, 1.54) is 29.1 Å². The SMILES string of the molecule is CC(C)C(=O)N1CCC(NC2CCCSc3ccccc32)C1. The van der Waals surface area contributed by atoms with E-state index in [0.717, 1.165) is 19.5 Å². The summed E-state index contributed by atoms with van der Waals surface area (Å²) in [4.78, 5) is 15.6. The topological polar surface area (TPSA) is 32.3 Å². The maximum atomic E-state index is 12.1. The zero-order chi connectivity index (χ0) is 15.5. The highest BCUT2D eigenvalue weighted by Crippen LogP contribution is 2.35. The van der Waals surface area contributed by atoms with Crippen LogP contribution in [0.25, 0.3) is 0 Å². The molecular formula is C18H26N2OS. The standard InChI is InChI=1S/C18H26N2OS/c1-13(2)18(21)20-10-9-14(12-20)19-16-7-5-11-22-17-8-4-3-6-15(16)17/h3-4,6,8,13-14,16,19H,5,7,9-12H2,1-2H3. The monoisotopic (exact) mass is 318 g/mol. The first-order valence-corrected chi connectivity index (χ1v) is 9.40. The van der Waals surface area contributed by atoms with Crippen LogP contribution >= 0.6 is 11.8 Å². The van der Waals surface area contributed by atoms with Gasteiger partial charge in [0.05, 0.1) is 0 Å². The highest BCUT2D eigenvalue weighted by Gasteiger charge is 2.30. The normalized spacial score (nSPS) is 25.1. The summed E-state index contributed by atoms with van der Waals surface area (Å²) < 4.78 is 0. The second-order valence-corrected chi connectivity index (χ2v) is 7.81. The maximum absolute atomic E-state index is 12.1. The molecule has 1 saturated heterocycles. The van der Waals surface area contributed by atoms with E-state index in [1.807, 2.05) is 30.5 Å². The third-order valence-electron chi connectivity index (χ3n) is 4.62. The summed E-state index contributed by atoms with van der Waals surface area (Å²) in [6, 6.07) is 9.64. The number of likely N-dealkylation sites (tertiary alicyclic amines) is 1. The smallest absolute Gasteiger partial charge is 0.225 e. The van der Waals surface area contributed by atoms with E-state index in [-0.39, 0.29) is 5.92 Å². The van der Waals surface area contributed by atoms with Crippen LogP contribution < -0.4 is 5.32 Å². The van der Waals surface area contributed by atoms with Gasteiger partial charge in [-0.05, 0) is 36.6 Å². The first-order valence-electron chi connectivity index (χ1n) is 8.41. The summed E-state index contributed by atoms with van der Waals surface area (Å²) in [6.45, 7) is 5.74. The Morgan fingerprint density at radius 2 is 2.14 bits per heavy atom. The molecule has 2 heterocycles. The minimum atomic E-state index is 0.105. The Bertz CT molecular complexity index is 532. The minimum Gasteiger partial charge on any atom is -0.341 e. The van der Waals surface area contributed by atoms with Crippen LogP contribution in [-0.4, -0.2) is 35.7 Å². The van der Waals surface area contributed by atoms with Gasteiger partial charge in [-0.15, -0.1) is 11.8 Å².